The van der Waals surface area contributed by atoms with Crippen molar-refractivity contribution in [3.63, 3.8) is 0 Å². The van der Waals surface area contributed by atoms with Crippen molar-refractivity contribution in [1.82, 2.24) is 9.80 Å². The molecule has 2 fully saturated rings. The van der Waals surface area contributed by atoms with Crippen molar-refractivity contribution in [3.8, 4) is 0 Å². The summed E-state index contributed by atoms with van der Waals surface area (Å²) in [5, 5.41) is 0. The largest absolute Gasteiger partial charge is 0.380 e. The molecule has 0 amide bonds. The molecule has 0 atom stereocenters. The second-order valence-electron chi connectivity index (χ2n) is 7.12. The monoisotopic (exact) mass is 447 g/mol. The molecule has 31 heavy (non-hydrogen) atoms. The van der Waals surface area contributed by atoms with Crippen LogP contribution in [0.4, 0.5) is 0 Å². The average molecular weight is 447 g/mol. The van der Waals surface area contributed by atoms with Crippen molar-refractivity contribution in [2.24, 2.45) is 0 Å². The Labute approximate surface area is 200 Å². The highest BCUT2D eigenvalue weighted by atomic mass is 16.5. The Morgan fingerprint density at radius 1 is 0.484 bits per heavy atom. The van der Waals surface area contributed by atoms with E-state index < -0.39 is 0 Å². The zero-order valence-corrected chi connectivity index (χ0v) is 24.0. The van der Waals surface area contributed by atoms with Crippen molar-refractivity contribution in [2.75, 3.05) is 52.5 Å². The topological polar surface area (TPSA) is 15.7 Å². The smallest absolute Gasteiger partial charge is 0.0593 e. The molecule has 3 nitrogen and oxygen atoms in total. The van der Waals surface area contributed by atoms with Gasteiger partial charge in [0.1, 0.15) is 0 Å². The number of likely N-dealkylation sites (tertiary alicyclic amines) is 2. The number of nitrogens with zero attached hydrogens (tertiary/aromatic N) is 2. The molecule has 0 aromatic carbocycles. The molecule has 2 aliphatic rings. The van der Waals surface area contributed by atoms with Gasteiger partial charge in [-0.3, -0.25) is 0 Å². The van der Waals surface area contributed by atoms with E-state index in [4.69, 9.17) is 4.74 Å². The lowest BCUT2D eigenvalue weighted by atomic mass is 10.2. The van der Waals surface area contributed by atoms with Gasteiger partial charge in [0, 0.05) is 13.2 Å². The molecule has 2 saturated heterocycles. The molecule has 194 valence electrons. The maximum atomic E-state index is 5.56. The molecule has 0 saturated carbocycles. The Hall–Kier alpha value is -0.120. The minimum absolute atomic E-state index is 0.934. The summed E-state index contributed by atoms with van der Waals surface area (Å²) in [6.45, 7) is 30.2. The average Bonchev–Trinajstić information content (AvgIpc) is 3.57. The van der Waals surface area contributed by atoms with Gasteiger partial charge in [0.2, 0.25) is 0 Å². The van der Waals surface area contributed by atoms with Crippen LogP contribution < -0.4 is 0 Å². The van der Waals surface area contributed by atoms with Gasteiger partial charge in [0.15, 0.2) is 0 Å². The number of rotatable bonds is 11. The van der Waals surface area contributed by atoms with Crippen LogP contribution in [-0.2, 0) is 4.74 Å². The molecule has 0 N–H and O–H groups in total. The summed E-state index contributed by atoms with van der Waals surface area (Å²) in [5.74, 6) is 0. The van der Waals surface area contributed by atoms with Crippen LogP contribution in [0.15, 0.2) is 0 Å². The second-order valence-corrected chi connectivity index (χ2v) is 7.12. The van der Waals surface area contributed by atoms with Gasteiger partial charge >= 0.3 is 0 Å². The lowest BCUT2D eigenvalue weighted by Gasteiger charge is -2.13. The summed E-state index contributed by atoms with van der Waals surface area (Å²) < 4.78 is 5.56. The van der Waals surface area contributed by atoms with E-state index in [1.807, 2.05) is 55.4 Å². The minimum Gasteiger partial charge on any atom is -0.380 e. The number of ether oxygens (including phenoxy) is 1. The predicted molar refractivity (Wildman–Crippen MR) is 147 cm³/mol. The van der Waals surface area contributed by atoms with Crippen LogP contribution in [0.1, 0.15) is 133 Å². The quantitative estimate of drug-likeness (QED) is 0.295. The predicted octanol–water partition coefficient (Wildman–Crippen LogP) is 8.67. The van der Waals surface area contributed by atoms with Crippen molar-refractivity contribution in [3.05, 3.63) is 0 Å². The SMILES string of the molecule is CC.CC.CC.CC.CCCCCN1CCCC1.CCCCCOCCN1CCCC1. The van der Waals surface area contributed by atoms with Gasteiger partial charge < -0.3 is 14.5 Å². The first-order chi connectivity index (χ1) is 15.4. The third-order valence-electron chi connectivity index (χ3n) is 4.92. The van der Waals surface area contributed by atoms with Gasteiger partial charge in [-0.25, -0.2) is 0 Å². The molecule has 2 aliphatic heterocycles. The highest BCUT2D eigenvalue weighted by Gasteiger charge is 2.10. The minimum atomic E-state index is 0.934. The van der Waals surface area contributed by atoms with Crippen LogP contribution >= 0.6 is 0 Å². The van der Waals surface area contributed by atoms with E-state index in [0.29, 0.717) is 0 Å². The summed E-state index contributed by atoms with van der Waals surface area (Å²) in [6.07, 6.45) is 13.7. The van der Waals surface area contributed by atoms with Crippen LogP contribution in [0, 0.1) is 0 Å². The Balaban J connectivity index is -0.000000180. The van der Waals surface area contributed by atoms with Crippen LogP contribution in [0.5, 0.6) is 0 Å². The molecule has 3 heteroatoms. The van der Waals surface area contributed by atoms with Gasteiger partial charge in [0.05, 0.1) is 6.61 Å². The zero-order chi connectivity index (χ0) is 24.6. The molecule has 0 aromatic heterocycles. The standard InChI is InChI=1S/C11H23NO.C9H19N.4C2H6/c1-2-3-6-10-13-11-9-12-7-4-5-8-12;1-2-3-4-7-10-8-5-6-9-10;4*1-2/h2-11H2,1H3;2-9H2,1H3;4*1-2H3. The molecule has 2 rings (SSSR count). The molecule has 0 aromatic rings. The fourth-order valence-electron chi connectivity index (χ4n) is 3.35. The number of unbranched alkanes of at least 4 members (excludes halogenated alkanes) is 4. The van der Waals surface area contributed by atoms with E-state index in [0.717, 1.165) is 19.8 Å². The summed E-state index contributed by atoms with van der Waals surface area (Å²) in [6, 6.07) is 0. The molecule has 2 heterocycles. The Morgan fingerprint density at radius 2 is 0.871 bits per heavy atom. The third-order valence-corrected chi connectivity index (χ3v) is 4.92. The Bertz CT molecular complexity index is 237. The van der Waals surface area contributed by atoms with E-state index in [2.05, 4.69) is 23.6 Å². The molecular formula is C28H66N2O. The number of hydrogen-bond donors (Lipinski definition) is 0. The van der Waals surface area contributed by atoms with Gasteiger partial charge in [-0.05, 0) is 71.2 Å². The van der Waals surface area contributed by atoms with E-state index in [9.17, 15) is 0 Å². The van der Waals surface area contributed by atoms with Crippen molar-refractivity contribution in [2.45, 2.75) is 133 Å². The normalized spacial score (nSPS) is 14.9. The summed E-state index contributed by atoms with van der Waals surface area (Å²) in [7, 11) is 0. The van der Waals surface area contributed by atoms with Crippen LogP contribution in [0.25, 0.3) is 0 Å². The second kappa shape index (κ2) is 40.3. The highest BCUT2D eigenvalue weighted by molar-refractivity contribution is 4.65. The Kier molecular flexibility index (Phi) is 49.6. The molecule has 0 radical (unpaired) electrons. The first kappa shape index (κ1) is 38.2. The summed E-state index contributed by atoms with van der Waals surface area (Å²) in [4.78, 5) is 5.09. The molecule has 0 aliphatic carbocycles. The Morgan fingerprint density at radius 3 is 1.29 bits per heavy atom. The summed E-state index contributed by atoms with van der Waals surface area (Å²) >= 11 is 0. The van der Waals surface area contributed by atoms with E-state index in [1.165, 1.54) is 96.9 Å². The first-order valence-corrected chi connectivity index (χ1v) is 14.4. The molecule has 0 bridgehead atoms. The highest BCUT2D eigenvalue weighted by Crippen LogP contribution is 2.08. The van der Waals surface area contributed by atoms with Crippen LogP contribution in [-0.4, -0.2) is 62.3 Å². The van der Waals surface area contributed by atoms with Crippen molar-refractivity contribution in [1.29, 1.82) is 0 Å². The molecule has 0 spiro atoms. The summed E-state index contributed by atoms with van der Waals surface area (Å²) in [5.41, 5.74) is 0. The fraction of sp³-hybridized carbons (Fsp3) is 1.00. The van der Waals surface area contributed by atoms with E-state index in [1.54, 1.807) is 0 Å². The molecule has 0 unspecified atom stereocenters. The maximum Gasteiger partial charge on any atom is 0.0593 e. The first-order valence-electron chi connectivity index (χ1n) is 14.4. The number of hydrogen-bond acceptors (Lipinski definition) is 3. The zero-order valence-electron chi connectivity index (χ0n) is 24.0. The lowest BCUT2D eigenvalue weighted by Crippen LogP contribution is -2.24. The maximum absolute atomic E-state index is 5.56. The van der Waals surface area contributed by atoms with Gasteiger partial charge in [-0.1, -0.05) is 94.9 Å². The lowest BCUT2D eigenvalue weighted by molar-refractivity contribution is 0.108. The van der Waals surface area contributed by atoms with Crippen molar-refractivity contribution < 1.29 is 4.74 Å². The fourth-order valence-corrected chi connectivity index (χ4v) is 3.35. The van der Waals surface area contributed by atoms with Crippen LogP contribution in [0.2, 0.25) is 0 Å². The molecular weight excluding hydrogens is 380 g/mol. The van der Waals surface area contributed by atoms with Gasteiger partial charge in [-0.2, -0.15) is 0 Å². The van der Waals surface area contributed by atoms with Crippen LogP contribution in [0.3, 0.4) is 0 Å². The van der Waals surface area contributed by atoms with E-state index in [-0.39, 0.29) is 0 Å². The van der Waals surface area contributed by atoms with Gasteiger partial charge in [0.25, 0.3) is 0 Å². The third kappa shape index (κ3) is 32.1. The van der Waals surface area contributed by atoms with Crippen molar-refractivity contribution >= 4 is 0 Å². The van der Waals surface area contributed by atoms with E-state index >= 15 is 0 Å². The van der Waals surface area contributed by atoms with Gasteiger partial charge in [-0.15, -0.1) is 0 Å².